The fraction of sp³-hybridized carbons (Fsp3) is 0.950. The van der Waals surface area contributed by atoms with Crippen LogP contribution in [-0.2, 0) is 0 Å². The molecule has 0 unspecified atom stereocenters. The molecule has 0 heterocycles. The smallest absolute Gasteiger partial charge is 0.191 e. The number of hydrogen-bond donors (Lipinski definition) is 3. The van der Waals surface area contributed by atoms with Gasteiger partial charge in [0.1, 0.15) is 0 Å². The fourth-order valence-electron chi connectivity index (χ4n) is 3.99. The number of nitrogens with zero attached hydrogens (tertiary/aromatic N) is 1. The number of nitrogens with two attached hydrogens (primary N) is 1. The summed E-state index contributed by atoms with van der Waals surface area (Å²) in [6.45, 7) is 1.79. The first-order valence-electron chi connectivity index (χ1n) is 10.7. The van der Waals surface area contributed by atoms with Crippen molar-refractivity contribution in [3.63, 3.8) is 0 Å². The third-order valence-corrected chi connectivity index (χ3v) is 5.52. The van der Waals surface area contributed by atoms with Crippen molar-refractivity contribution in [2.24, 2.45) is 10.7 Å². The van der Waals surface area contributed by atoms with Crippen molar-refractivity contribution >= 4 is 5.96 Å². The minimum absolute atomic E-state index is 0.637. The molecule has 2 aliphatic carbocycles. The lowest BCUT2D eigenvalue weighted by Crippen LogP contribution is -2.48. The normalized spacial score (nSPS) is 19.9. The van der Waals surface area contributed by atoms with Gasteiger partial charge < -0.3 is 16.4 Å². The highest BCUT2D eigenvalue weighted by Crippen LogP contribution is 2.19. The van der Waals surface area contributed by atoms with Gasteiger partial charge in [-0.2, -0.15) is 0 Å². The maximum Gasteiger partial charge on any atom is 0.191 e. The Morgan fingerprint density at radius 2 is 1.21 bits per heavy atom. The largest absolute Gasteiger partial charge is 0.354 e. The topological polar surface area (TPSA) is 62.4 Å². The van der Waals surface area contributed by atoms with Gasteiger partial charge in [0.25, 0.3) is 0 Å². The number of nitrogens with one attached hydrogen (secondary N) is 2. The molecule has 0 aliphatic heterocycles. The second-order valence-electron chi connectivity index (χ2n) is 7.75. The Morgan fingerprint density at radius 1 is 0.708 bits per heavy atom. The fourth-order valence-corrected chi connectivity index (χ4v) is 3.99. The summed E-state index contributed by atoms with van der Waals surface area (Å²) in [5.41, 5.74) is 5.55. The van der Waals surface area contributed by atoms with Crippen LogP contribution in [0.4, 0.5) is 0 Å². The van der Waals surface area contributed by atoms with Crippen LogP contribution in [-0.4, -0.2) is 31.1 Å². The monoisotopic (exact) mass is 336 g/mol. The highest BCUT2D eigenvalue weighted by atomic mass is 15.2. The van der Waals surface area contributed by atoms with E-state index in [4.69, 9.17) is 10.7 Å². The molecule has 24 heavy (non-hydrogen) atoms. The molecule has 0 radical (unpaired) electrons. The van der Waals surface area contributed by atoms with Crippen molar-refractivity contribution in [3.05, 3.63) is 0 Å². The molecule has 2 fully saturated rings. The Labute approximate surface area is 149 Å². The van der Waals surface area contributed by atoms with Crippen LogP contribution in [0.2, 0.25) is 0 Å². The molecule has 0 aromatic rings. The number of aliphatic imine (C=N–C) groups is 1. The average Bonchev–Trinajstić information content (AvgIpc) is 2.62. The Kier molecular flexibility index (Phi) is 10.2. The third-order valence-electron chi connectivity index (χ3n) is 5.52. The van der Waals surface area contributed by atoms with E-state index >= 15 is 0 Å². The summed E-state index contributed by atoms with van der Waals surface area (Å²) in [7, 11) is 0. The first kappa shape index (κ1) is 19.6. The van der Waals surface area contributed by atoms with E-state index in [2.05, 4.69) is 10.6 Å². The SMILES string of the molecule is NCCCCCCCN=C(NC1CCCCC1)NC1CCCCC1. The van der Waals surface area contributed by atoms with Gasteiger partial charge in [-0.1, -0.05) is 57.8 Å². The molecule has 2 rings (SSSR count). The molecule has 0 spiro atoms. The lowest BCUT2D eigenvalue weighted by Gasteiger charge is -2.29. The molecular formula is C20H40N4. The summed E-state index contributed by atoms with van der Waals surface area (Å²) in [6, 6.07) is 1.27. The predicted octanol–water partition coefficient (Wildman–Crippen LogP) is 4.10. The summed E-state index contributed by atoms with van der Waals surface area (Å²) in [5.74, 6) is 1.09. The first-order valence-corrected chi connectivity index (χ1v) is 10.7. The minimum atomic E-state index is 0.637. The van der Waals surface area contributed by atoms with Gasteiger partial charge in [-0.15, -0.1) is 0 Å². The van der Waals surface area contributed by atoms with Crippen LogP contribution in [0, 0.1) is 0 Å². The number of unbranched alkanes of at least 4 members (excludes halogenated alkanes) is 4. The second kappa shape index (κ2) is 12.6. The van der Waals surface area contributed by atoms with Gasteiger partial charge in [-0.25, -0.2) is 0 Å². The van der Waals surface area contributed by atoms with Crippen LogP contribution in [0.5, 0.6) is 0 Å². The molecular weight excluding hydrogens is 296 g/mol. The zero-order valence-electron chi connectivity index (χ0n) is 15.7. The van der Waals surface area contributed by atoms with Gasteiger partial charge in [0.2, 0.25) is 0 Å². The van der Waals surface area contributed by atoms with Crippen LogP contribution in [0.1, 0.15) is 96.3 Å². The van der Waals surface area contributed by atoms with Crippen molar-refractivity contribution in [2.45, 2.75) is 108 Å². The maximum atomic E-state index is 5.55. The van der Waals surface area contributed by atoms with E-state index in [0.29, 0.717) is 12.1 Å². The van der Waals surface area contributed by atoms with Gasteiger partial charge >= 0.3 is 0 Å². The molecule has 4 N–H and O–H groups in total. The van der Waals surface area contributed by atoms with E-state index in [1.807, 2.05) is 0 Å². The zero-order chi connectivity index (χ0) is 16.9. The molecule has 0 saturated heterocycles. The van der Waals surface area contributed by atoms with Crippen molar-refractivity contribution in [3.8, 4) is 0 Å². The average molecular weight is 337 g/mol. The van der Waals surface area contributed by atoms with Crippen molar-refractivity contribution in [1.82, 2.24) is 10.6 Å². The van der Waals surface area contributed by atoms with Gasteiger partial charge in [-0.3, -0.25) is 4.99 Å². The molecule has 0 aromatic carbocycles. The first-order chi connectivity index (χ1) is 11.9. The molecule has 0 atom stereocenters. The van der Waals surface area contributed by atoms with Crippen LogP contribution in [0.15, 0.2) is 4.99 Å². The molecule has 2 aliphatic rings. The quantitative estimate of drug-likeness (QED) is 0.337. The molecule has 0 aromatic heterocycles. The summed E-state index contributed by atoms with van der Waals surface area (Å²) in [5, 5.41) is 7.47. The van der Waals surface area contributed by atoms with Crippen molar-refractivity contribution < 1.29 is 0 Å². The van der Waals surface area contributed by atoms with Crippen molar-refractivity contribution in [1.29, 1.82) is 0 Å². The highest BCUT2D eigenvalue weighted by molar-refractivity contribution is 5.80. The molecule has 140 valence electrons. The van der Waals surface area contributed by atoms with Crippen LogP contribution < -0.4 is 16.4 Å². The molecule has 4 heteroatoms. The van der Waals surface area contributed by atoms with E-state index in [-0.39, 0.29) is 0 Å². The van der Waals surface area contributed by atoms with Gasteiger partial charge in [0.05, 0.1) is 0 Å². The van der Waals surface area contributed by atoms with Crippen LogP contribution >= 0.6 is 0 Å². The van der Waals surface area contributed by atoms with Gasteiger partial charge in [-0.05, 0) is 45.1 Å². The Hall–Kier alpha value is -0.770. The number of hydrogen-bond acceptors (Lipinski definition) is 2. The maximum absolute atomic E-state index is 5.55. The molecule has 4 nitrogen and oxygen atoms in total. The zero-order valence-corrected chi connectivity index (χ0v) is 15.7. The Balaban J connectivity index is 1.73. The predicted molar refractivity (Wildman–Crippen MR) is 104 cm³/mol. The van der Waals surface area contributed by atoms with Gasteiger partial charge in [0, 0.05) is 18.6 Å². The lowest BCUT2D eigenvalue weighted by atomic mass is 9.95. The molecule has 0 bridgehead atoms. The number of guanidine groups is 1. The standard InChI is InChI=1S/C20H40N4/c21-16-10-2-1-3-11-17-22-20(23-18-12-6-4-7-13-18)24-19-14-8-5-9-15-19/h18-19H,1-17,21H2,(H2,22,23,24). The summed E-state index contributed by atoms with van der Waals surface area (Å²) in [4.78, 5) is 4.90. The third kappa shape index (κ3) is 8.36. The van der Waals surface area contributed by atoms with Crippen LogP contribution in [0.25, 0.3) is 0 Å². The van der Waals surface area contributed by atoms with E-state index in [9.17, 15) is 0 Å². The van der Waals surface area contributed by atoms with Crippen LogP contribution in [0.3, 0.4) is 0 Å². The second-order valence-corrected chi connectivity index (χ2v) is 7.75. The van der Waals surface area contributed by atoms with Gasteiger partial charge in [0.15, 0.2) is 5.96 Å². The van der Waals surface area contributed by atoms with E-state index in [0.717, 1.165) is 19.0 Å². The molecule has 2 saturated carbocycles. The molecule has 0 amide bonds. The van der Waals surface area contributed by atoms with E-state index in [1.165, 1.54) is 96.3 Å². The minimum Gasteiger partial charge on any atom is -0.354 e. The number of rotatable bonds is 9. The summed E-state index contributed by atoms with van der Waals surface area (Å²) >= 11 is 0. The Bertz CT molecular complexity index is 309. The van der Waals surface area contributed by atoms with Crippen molar-refractivity contribution in [2.75, 3.05) is 13.1 Å². The Morgan fingerprint density at radius 3 is 1.75 bits per heavy atom. The van der Waals surface area contributed by atoms with E-state index in [1.54, 1.807) is 0 Å². The van der Waals surface area contributed by atoms with E-state index < -0.39 is 0 Å². The summed E-state index contributed by atoms with van der Waals surface area (Å²) in [6.07, 6.45) is 19.8. The highest BCUT2D eigenvalue weighted by Gasteiger charge is 2.18. The summed E-state index contributed by atoms with van der Waals surface area (Å²) < 4.78 is 0. The lowest BCUT2D eigenvalue weighted by molar-refractivity contribution is 0.388.